The highest BCUT2D eigenvalue weighted by Crippen LogP contribution is 2.25. The van der Waals surface area contributed by atoms with Crippen LogP contribution in [-0.4, -0.2) is 61.3 Å². The molecule has 2 aliphatic rings. The standard InChI is InChI=1S/C17H34N2O.C2H6/c1-4-18-10-7-17(8-11-18)19-12-5-16(6-13-19)9-14-20-15(2)3;1-2/h15-17H,4-14H2,1-3H3;1-2H3. The second-order valence-electron chi connectivity index (χ2n) is 6.85. The number of ether oxygens (including phenoxy) is 1. The molecule has 2 aliphatic heterocycles. The van der Waals surface area contributed by atoms with Crippen molar-refractivity contribution in [3.05, 3.63) is 0 Å². The summed E-state index contributed by atoms with van der Waals surface area (Å²) in [6.07, 6.45) is 7.19. The third kappa shape index (κ3) is 6.97. The van der Waals surface area contributed by atoms with Gasteiger partial charge in [0.1, 0.15) is 0 Å². The predicted molar refractivity (Wildman–Crippen MR) is 96.5 cm³/mol. The van der Waals surface area contributed by atoms with Crippen LogP contribution in [0, 0.1) is 5.92 Å². The predicted octanol–water partition coefficient (Wildman–Crippen LogP) is 4.02. The first-order valence-corrected chi connectivity index (χ1v) is 9.77. The van der Waals surface area contributed by atoms with Gasteiger partial charge in [-0.1, -0.05) is 20.8 Å². The lowest BCUT2D eigenvalue weighted by molar-refractivity contribution is 0.0465. The molecule has 3 nitrogen and oxygen atoms in total. The molecule has 0 aromatic heterocycles. The molecule has 0 spiro atoms. The van der Waals surface area contributed by atoms with Crippen LogP contribution >= 0.6 is 0 Å². The van der Waals surface area contributed by atoms with Gasteiger partial charge in [-0.2, -0.15) is 0 Å². The number of hydrogen-bond acceptors (Lipinski definition) is 3. The summed E-state index contributed by atoms with van der Waals surface area (Å²) in [5.41, 5.74) is 0. The second-order valence-corrected chi connectivity index (χ2v) is 6.85. The monoisotopic (exact) mass is 312 g/mol. The lowest BCUT2D eigenvalue weighted by atomic mass is 9.91. The highest BCUT2D eigenvalue weighted by Gasteiger charge is 2.27. The smallest absolute Gasteiger partial charge is 0.0518 e. The molecule has 3 heteroatoms. The van der Waals surface area contributed by atoms with E-state index in [1.807, 2.05) is 13.8 Å². The van der Waals surface area contributed by atoms with E-state index in [2.05, 4.69) is 30.6 Å². The topological polar surface area (TPSA) is 15.7 Å². The van der Waals surface area contributed by atoms with Crippen molar-refractivity contribution in [3.8, 4) is 0 Å². The molecule has 0 aromatic carbocycles. The third-order valence-electron chi connectivity index (χ3n) is 5.15. The summed E-state index contributed by atoms with van der Waals surface area (Å²) in [4.78, 5) is 5.36. The quantitative estimate of drug-likeness (QED) is 0.736. The van der Waals surface area contributed by atoms with Gasteiger partial charge in [0.25, 0.3) is 0 Å². The summed E-state index contributed by atoms with van der Waals surface area (Å²) in [6, 6.07) is 0.866. The van der Waals surface area contributed by atoms with Crippen LogP contribution in [0.5, 0.6) is 0 Å². The molecule has 0 unspecified atom stereocenters. The fourth-order valence-electron chi connectivity index (χ4n) is 3.68. The number of hydrogen-bond donors (Lipinski definition) is 0. The largest absolute Gasteiger partial charge is 0.379 e. The molecule has 2 saturated heterocycles. The SMILES string of the molecule is CC.CCN1CCC(N2CCC(CCOC(C)C)CC2)CC1. The van der Waals surface area contributed by atoms with E-state index in [4.69, 9.17) is 4.74 Å². The average Bonchev–Trinajstić information content (AvgIpc) is 2.57. The van der Waals surface area contributed by atoms with Gasteiger partial charge in [-0.3, -0.25) is 0 Å². The number of likely N-dealkylation sites (tertiary alicyclic amines) is 2. The summed E-state index contributed by atoms with van der Waals surface area (Å²) in [5.74, 6) is 0.903. The molecule has 0 N–H and O–H groups in total. The van der Waals surface area contributed by atoms with Crippen LogP contribution in [0.3, 0.4) is 0 Å². The van der Waals surface area contributed by atoms with E-state index in [0.717, 1.165) is 18.6 Å². The molecule has 0 amide bonds. The number of nitrogens with zero attached hydrogens (tertiary/aromatic N) is 2. The van der Waals surface area contributed by atoms with Gasteiger partial charge >= 0.3 is 0 Å². The number of rotatable bonds is 6. The van der Waals surface area contributed by atoms with Crippen LogP contribution in [0.4, 0.5) is 0 Å². The van der Waals surface area contributed by atoms with Crippen molar-refractivity contribution < 1.29 is 4.74 Å². The normalized spacial score (nSPS) is 22.6. The molecule has 0 bridgehead atoms. The molecular formula is C19H40N2O. The molecular weight excluding hydrogens is 272 g/mol. The Balaban J connectivity index is 0.00000116. The van der Waals surface area contributed by atoms with Crippen LogP contribution in [0.2, 0.25) is 0 Å². The maximum absolute atomic E-state index is 5.69. The zero-order chi connectivity index (χ0) is 16.4. The van der Waals surface area contributed by atoms with Gasteiger partial charge in [-0.05, 0) is 84.6 Å². The van der Waals surface area contributed by atoms with Crippen LogP contribution < -0.4 is 0 Å². The Morgan fingerprint density at radius 3 is 2.05 bits per heavy atom. The van der Waals surface area contributed by atoms with Crippen molar-refractivity contribution in [2.24, 2.45) is 5.92 Å². The van der Waals surface area contributed by atoms with E-state index in [1.54, 1.807) is 0 Å². The minimum atomic E-state index is 0.388. The summed E-state index contributed by atoms with van der Waals surface area (Å²) in [7, 11) is 0. The minimum absolute atomic E-state index is 0.388. The Bertz CT molecular complexity index is 254. The summed E-state index contributed by atoms with van der Waals surface area (Å²) in [5, 5.41) is 0. The Morgan fingerprint density at radius 1 is 0.955 bits per heavy atom. The Hall–Kier alpha value is -0.120. The van der Waals surface area contributed by atoms with Gasteiger partial charge in [0.15, 0.2) is 0 Å². The molecule has 0 atom stereocenters. The van der Waals surface area contributed by atoms with E-state index < -0.39 is 0 Å². The highest BCUT2D eigenvalue weighted by atomic mass is 16.5. The molecule has 0 saturated carbocycles. The van der Waals surface area contributed by atoms with Gasteiger partial charge in [0, 0.05) is 12.6 Å². The van der Waals surface area contributed by atoms with Gasteiger partial charge in [-0.15, -0.1) is 0 Å². The Kier molecular flexibility index (Phi) is 10.3. The maximum atomic E-state index is 5.69. The van der Waals surface area contributed by atoms with E-state index in [0.29, 0.717) is 6.10 Å². The molecule has 132 valence electrons. The first kappa shape index (κ1) is 19.9. The zero-order valence-electron chi connectivity index (χ0n) is 15.8. The summed E-state index contributed by atoms with van der Waals surface area (Å²) < 4.78 is 5.69. The molecule has 2 fully saturated rings. The fourth-order valence-corrected chi connectivity index (χ4v) is 3.68. The van der Waals surface area contributed by atoms with Gasteiger partial charge in [0.05, 0.1) is 6.10 Å². The van der Waals surface area contributed by atoms with Gasteiger partial charge < -0.3 is 14.5 Å². The van der Waals surface area contributed by atoms with Gasteiger partial charge in [-0.25, -0.2) is 0 Å². The lowest BCUT2D eigenvalue weighted by Gasteiger charge is -2.41. The molecule has 0 aliphatic carbocycles. The van der Waals surface area contributed by atoms with Crippen molar-refractivity contribution >= 4 is 0 Å². The van der Waals surface area contributed by atoms with E-state index in [9.17, 15) is 0 Å². The fraction of sp³-hybridized carbons (Fsp3) is 1.00. The van der Waals surface area contributed by atoms with Crippen molar-refractivity contribution in [2.75, 3.05) is 39.3 Å². The highest BCUT2D eigenvalue weighted by molar-refractivity contribution is 4.83. The Morgan fingerprint density at radius 2 is 1.55 bits per heavy atom. The van der Waals surface area contributed by atoms with Crippen LogP contribution in [0.25, 0.3) is 0 Å². The Labute approximate surface area is 139 Å². The van der Waals surface area contributed by atoms with Crippen molar-refractivity contribution in [1.29, 1.82) is 0 Å². The molecule has 0 aromatic rings. The average molecular weight is 313 g/mol. The second kappa shape index (κ2) is 11.4. The molecule has 0 radical (unpaired) electrons. The van der Waals surface area contributed by atoms with Crippen LogP contribution in [0.15, 0.2) is 0 Å². The van der Waals surface area contributed by atoms with Crippen molar-refractivity contribution in [2.45, 2.75) is 78.9 Å². The minimum Gasteiger partial charge on any atom is -0.379 e. The zero-order valence-corrected chi connectivity index (χ0v) is 15.8. The van der Waals surface area contributed by atoms with Crippen LogP contribution in [0.1, 0.15) is 66.7 Å². The van der Waals surface area contributed by atoms with Crippen molar-refractivity contribution in [3.63, 3.8) is 0 Å². The van der Waals surface area contributed by atoms with E-state index >= 15 is 0 Å². The number of piperidine rings is 2. The summed E-state index contributed by atoms with van der Waals surface area (Å²) >= 11 is 0. The molecule has 2 rings (SSSR count). The van der Waals surface area contributed by atoms with Crippen LogP contribution in [-0.2, 0) is 4.74 Å². The summed E-state index contributed by atoms with van der Waals surface area (Å²) in [6.45, 7) is 18.0. The van der Waals surface area contributed by atoms with Gasteiger partial charge in [0.2, 0.25) is 0 Å². The first-order valence-electron chi connectivity index (χ1n) is 9.77. The molecule has 2 heterocycles. The molecule has 22 heavy (non-hydrogen) atoms. The third-order valence-corrected chi connectivity index (χ3v) is 5.15. The maximum Gasteiger partial charge on any atom is 0.0518 e. The van der Waals surface area contributed by atoms with Crippen molar-refractivity contribution in [1.82, 2.24) is 9.80 Å². The van der Waals surface area contributed by atoms with E-state index in [1.165, 1.54) is 64.8 Å². The lowest BCUT2D eigenvalue weighted by Crippen LogP contribution is -2.47. The van der Waals surface area contributed by atoms with E-state index in [-0.39, 0.29) is 0 Å². The first-order chi connectivity index (χ1) is 10.7.